The third-order valence-corrected chi connectivity index (χ3v) is 7.90. The van der Waals surface area contributed by atoms with Crippen molar-refractivity contribution < 1.29 is 22.7 Å². The summed E-state index contributed by atoms with van der Waals surface area (Å²) in [5.41, 5.74) is 2.98. The second-order valence-electron chi connectivity index (χ2n) is 10.0. The SMILES string of the molecule is CC[C@H](C)NC(=O)[C@@H](Cc1ccccc1)N(Cc1cccc(OC)c1)C(=O)CN(c1ccc(C)cc1)S(C)(=O)=O. The lowest BCUT2D eigenvalue weighted by Gasteiger charge is -2.34. The molecule has 0 aliphatic heterocycles. The van der Waals surface area contributed by atoms with Crippen LogP contribution in [0.1, 0.15) is 37.0 Å². The van der Waals surface area contributed by atoms with Crippen molar-refractivity contribution in [3.05, 3.63) is 95.6 Å². The Morgan fingerprint density at radius 1 is 0.950 bits per heavy atom. The van der Waals surface area contributed by atoms with Gasteiger partial charge >= 0.3 is 0 Å². The van der Waals surface area contributed by atoms with Crippen molar-refractivity contribution in [1.29, 1.82) is 0 Å². The number of anilines is 1. The molecule has 9 heteroatoms. The van der Waals surface area contributed by atoms with Crippen molar-refractivity contribution in [3.63, 3.8) is 0 Å². The summed E-state index contributed by atoms with van der Waals surface area (Å²) in [6.07, 6.45) is 2.06. The van der Waals surface area contributed by atoms with Gasteiger partial charge in [0.25, 0.3) is 0 Å². The maximum atomic E-state index is 14.1. The first kappa shape index (κ1) is 30.7. The fourth-order valence-electron chi connectivity index (χ4n) is 4.29. The predicted octanol–water partition coefficient (Wildman–Crippen LogP) is 4.32. The number of benzene rings is 3. The monoisotopic (exact) mass is 565 g/mol. The smallest absolute Gasteiger partial charge is 0.244 e. The van der Waals surface area contributed by atoms with E-state index in [0.29, 0.717) is 11.4 Å². The molecule has 0 saturated carbocycles. The molecule has 0 aromatic heterocycles. The predicted molar refractivity (Wildman–Crippen MR) is 159 cm³/mol. The van der Waals surface area contributed by atoms with E-state index in [1.165, 1.54) is 4.90 Å². The number of aryl methyl sites for hydroxylation is 1. The van der Waals surface area contributed by atoms with Crippen LogP contribution in [-0.4, -0.2) is 57.1 Å². The van der Waals surface area contributed by atoms with E-state index in [4.69, 9.17) is 4.74 Å². The minimum Gasteiger partial charge on any atom is -0.497 e. The van der Waals surface area contributed by atoms with Gasteiger partial charge in [-0.3, -0.25) is 13.9 Å². The number of ether oxygens (including phenoxy) is 1. The minimum absolute atomic E-state index is 0.0902. The van der Waals surface area contributed by atoms with Gasteiger partial charge in [-0.15, -0.1) is 0 Å². The van der Waals surface area contributed by atoms with Gasteiger partial charge in [-0.1, -0.05) is 67.1 Å². The first-order valence-electron chi connectivity index (χ1n) is 13.3. The third-order valence-electron chi connectivity index (χ3n) is 6.76. The Bertz CT molecular complexity index is 1380. The molecule has 0 fully saturated rings. The number of nitrogens with zero attached hydrogens (tertiary/aromatic N) is 2. The van der Waals surface area contributed by atoms with Crippen LogP contribution >= 0.6 is 0 Å². The van der Waals surface area contributed by atoms with Crippen LogP contribution in [0.4, 0.5) is 5.69 Å². The molecule has 3 aromatic carbocycles. The summed E-state index contributed by atoms with van der Waals surface area (Å²) >= 11 is 0. The minimum atomic E-state index is -3.81. The van der Waals surface area contributed by atoms with Crippen molar-refractivity contribution >= 4 is 27.5 Å². The van der Waals surface area contributed by atoms with Crippen molar-refractivity contribution in [2.24, 2.45) is 0 Å². The molecule has 1 N–H and O–H groups in total. The van der Waals surface area contributed by atoms with E-state index in [-0.39, 0.29) is 24.9 Å². The molecule has 3 rings (SSSR count). The summed E-state index contributed by atoms with van der Waals surface area (Å²) < 4.78 is 32.2. The summed E-state index contributed by atoms with van der Waals surface area (Å²) in [6, 6.07) is 22.7. The highest BCUT2D eigenvalue weighted by molar-refractivity contribution is 7.92. The lowest BCUT2D eigenvalue weighted by molar-refractivity contribution is -0.140. The van der Waals surface area contributed by atoms with Gasteiger partial charge in [0.1, 0.15) is 18.3 Å². The first-order valence-corrected chi connectivity index (χ1v) is 15.2. The molecule has 3 aromatic rings. The molecule has 0 aliphatic rings. The topological polar surface area (TPSA) is 96.0 Å². The normalized spacial score (nSPS) is 12.7. The Morgan fingerprint density at radius 2 is 1.60 bits per heavy atom. The summed E-state index contributed by atoms with van der Waals surface area (Å²) in [6.45, 7) is 5.43. The molecule has 0 bridgehead atoms. The average molecular weight is 566 g/mol. The van der Waals surface area contributed by atoms with Gasteiger partial charge in [0.2, 0.25) is 21.8 Å². The molecule has 0 saturated heterocycles. The molecule has 0 spiro atoms. The fraction of sp³-hybridized carbons (Fsp3) is 0.355. The number of carbonyl (C=O) groups excluding carboxylic acids is 2. The van der Waals surface area contributed by atoms with Crippen LogP contribution < -0.4 is 14.4 Å². The molecule has 214 valence electrons. The average Bonchev–Trinajstić information content (AvgIpc) is 2.94. The van der Waals surface area contributed by atoms with E-state index in [1.807, 2.05) is 63.2 Å². The van der Waals surface area contributed by atoms with Gasteiger partial charge < -0.3 is 15.0 Å². The Kier molecular flexibility index (Phi) is 10.7. The van der Waals surface area contributed by atoms with Crippen LogP contribution in [0, 0.1) is 6.92 Å². The molecular formula is C31H39N3O5S. The number of nitrogens with one attached hydrogen (secondary N) is 1. The Morgan fingerprint density at radius 3 is 2.20 bits per heavy atom. The van der Waals surface area contributed by atoms with Gasteiger partial charge in [-0.05, 0) is 55.7 Å². The van der Waals surface area contributed by atoms with Crippen LogP contribution in [-0.2, 0) is 32.6 Å². The Balaban J connectivity index is 2.06. The Labute approximate surface area is 238 Å². The van der Waals surface area contributed by atoms with E-state index in [9.17, 15) is 18.0 Å². The lowest BCUT2D eigenvalue weighted by atomic mass is 10.0. The number of hydrogen-bond donors (Lipinski definition) is 1. The van der Waals surface area contributed by atoms with Gasteiger partial charge in [-0.2, -0.15) is 0 Å². The summed E-state index contributed by atoms with van der Waals surface area (Å²) in [5.74, 6) is -0.171. The highest BCUT2D eigenvalue weighted by atomic mass is 32.2. The van der Waals surface area contributed by atoms with E-state index >= 15 is 0 Å². The van der Waals surface area contributed by atoms with Gasteiger partial charge in [0, 0.05) is 19.0 Å². The standard InChI is InChI=1S/C31H39N3O5S/c1-6-24(3)32-31(36)29(20-25-11-8-7-9-12-25)33(21-26-13-10-14-28(19-26)39-4)30(35)22-34(40(5,37)38)27-17-15-23(2)16-18-27/h7-19,24,29H,6,20-22H2,1-5H3,(H,32,36)/t24-,29+/m0/s1. The van der Waals surface area contributed by atoms with Gasteiger partial charge in [0.05, 0.1) is 19.1 Å². The zero-order chi connectivity index (χ0) is 29.3. The second-order valence-corrected chi connectivity index (χ2v) is 11.9. The Hall–Kier alpha value is -3.85. The van der Waals surface area contributed by atoms with Gasteiger partial charge in [0.15, 0.2) is 0 Å². The van der Waals surface area contributed by atoms with E-state index in [2.05, 4.69) is 5.32 Å². The molecule has 2 atom stereocenters. The number of rotatable bonds is 13. The maximum Gasteiger partial charge on any atom is 0.244 e. The highest BCUT2D eigenvalue weighted by Crippen LogP contribution is 2.22. The molecule has 0 aliphatic carbocycles. The van der Waals surface area contributed by atoms with Crippen LogP contribution in [0.5, 0.6) is 5.75 Å². The molecule has 0 heterocycles. The number of hydrogen-bond acceptors (Lipinski definition) is 5. The largest absolute Gasteiger partial charge is 0.497 e. The third kappa shape index (κ3) is 8.58. The van der Waals surface area contributed by atoms with Gasteiger partial charge in [-0.25, -0.2) is 8.42 Å². The van der Waals surface area contributed by atoms with E-state index in [1.54, 1.807) is 43.5 Å². The van der Waals surface area contributed by atoms with Crippen molar-refractivity contribution in [2.75, 3.05) is 24.2 Å². The second kappa shape index (κ2) is 14.0. The molecule has 40 heavy (non-hydrogen) atoms. The summed E-state index contributed by atoms with van der Waals surface area (Å²) in [5, 5.41) is 3.03. The number of amides is 2. The van der Waals surface area contributed by atoms with Crippen molar-refractivity contribution in [1.82, 2.24) is 10.2 Å². The lowest BCUT2D eigenvalue weighted by Crippen LogP contribution is -2.54. The van der Waals surface area contributed by atoms with Crippen LogP contribution in [0.3, 0.4) is 0 Å². The number of carbonyl (C=O) groups is 2. The fourth-order valence-corrected chi connectivity index (χ4v) is 5.14. The summed E-state index contributed by atoms with van der Waals surface area (Å²) in [4.78, 5) is 29.3. The van der Waals surface area contributed by atoms with Crippen molar-refractivity contribution in [3.8, 4) is 5.75 Å². The highest BCUT2D eigenvalue weighted by Gasteiger charge is 2.33. The molecule has 8 nitrogen and oxygen atoms in total. The summed E-state index contributed by atoms with van der Waals surface area (Å²) in [7, 11) is -2.24. The zero-order valence-electron chi connectivity index (χ0n) is 23.8. The van der Waals surface area contributed by atoms with Crippen LogP contribution in [0.25, 0.3) is 0 Å². The molecule has 0 radical (unpaired) electrons. The molecule has 0 unspecified atom stereocenters. The maximum absolute atomic E-state index is 14.1. The van der Waals surface area contributed by atoms with Crippen LogP contribution in [0.2, 0.25) is 0 Å². The first-order chi connectivity index (χ1) is 19.0. The zero-order valence-corrected chi connectivity index (χ0v) is 24.6. The van der Waals surface area contributed by atoms with Crippen molar-refractivity contribution in [2.45, 2.75) is 52.2 Å². The van der Waals surface area contributed by atoms with E-state index in [0.717, 1.165) is 33.7 Å². The quantitative estimate of drug-likeness (QED) is 0.333. The van der Waals surface area contributed by atoms with E-state index < -0.39 is 28.5 Å². The molecule has 2 amide bonds. The number of sulfonamides is 1. The number of methoxy groups -OCH3 is 1. The van der Waals surface area contributed by atoms with Crippen LogP contribution in [0.15, 0.2) is 78.9 Å². The molecular weight excluding hydrogens is 526 g/mol.